The summed E-state index contributed by atoms with van der Waals surface area (Å²) in [4.78, 5) is 13.0. The minimum Gasteiger partial charge on any atom is -0.373 e. The molecular formula is C23H24N2O. The van der Waals surface area contributed by atoms with Crippen molar-refractivity contribution in [2.75, 3.05) is 10.6 Å². The Morgan fingerprint density at radius 2 is 1.65 bits per heavy atom. The number of ketones is 1. The fraction of sp³-hybridized carbons (Fsp3) is 0.261. The maximum absolute atomic E-state index is 13.0. The fourth-order valence-corrected chi connectivity index (χ4v) is 3.84. The molecule has 0 bridgehead atoms. The van der Waals surface area contributed by atoms with E-state index in [1.165, 1.54) is 0 Å². The van der Waals surface area contributed by atoms with Crippen LogP contribution in [0, 0.1) is 5.41 Å². The van der Waals surface area contributed by atoms with E-state index in [4.69, 9.17) is 0 Å². The molecule has 1 unspecified atom stereocenters. The first-order chi connectivity index (χ1) is 12.5. The van der Waals surface area contributed by atoms with Gasteiger partial charge in [0.05, 0.1) is 17.4 Å². The van der Waals surface area contributed by atoms with Gasteiger partial charge in [-0.05, 0) is 29.5 Å². The Hall–Kier alpha value is -2.81. The standard InChI is InChI=1S/C23H24N2O/c1-23(2)14-20-22(21(26)15-23)19(13-12-16-8-4-3-5-9-16)24-17-10-6-7-11-18(17)25-20/h3-13,19,24-25H,14-15H2,1-2H3/b13-12-. The molecule has 0 fully saturated rings. The molecule has 1 aliphatic carbocycles. The molecule has 2 aliphatic rings. The van der Waals surface area contributed by atoms with Gasteiger partial charge in [0.2, 0.25) is 0 Å². The first-order valence-corrected chi connectivity index (χ1v) is 9.14. The number of nitrogens with one attached hydrogen (secondary N) is 2. The molecule has 132 valence electrons. The maximum atomic E-state index is 13.0. The third-order valence-corrected chi connectivity index (χ3v) is 5.04. The van der Waals surface area contributed by atoms with Crippen molar-refractivity contribution < 1.29 is 4.79 Å². The van der Waals surface area contributed by atoms with Gasteiger partial charge in [-0.15, -0.1) is 0 Å². The summed E-state index contributed by atoms with van der Waals surface area (Å²) in [7, 11) is 0. The van der Waals surface area contributed by atoms with Crippen LogP contribution in [-0.2, 0) is 4.79 Å². The van der Waals surface area contributed by atoms with Gasteiger partial charge in [0.25, 0.3) is 0 Å². The molecule has 3 nitrogen and oxygen atoms in total. The van der Waals surface area contributed by atoms with Crippen LogP contribution in [0.3, 0.4) is 0 Å². The zero-order valence-electron chi connectivity index (χ0n) is 15.3. The average molecular weight is 344 g/mol. The van der Waals surface area contributed by atoms with Gasteiger partial charge in [0.15, 0.2) is 5.78 Å². The largest absolute Gasteiger partial charge is 0.373 e. The van der Waals surface area contributed by atoms with Crippen LogP contribution in [0.15, 0.2) is 71.9 Å². The maximum Gasteiger partial charge on any atom is 0.163 e. The Balaban J connectivity index is 1.77. The lowest BCUT2D eigenvalue weighted by atomic mass is 9.74. The summed E-state index contributed by atoms with van der Waals surface area (Å²) in [5, 5.41) is 7.10. The highest BCUT2D eigenvalue weighted by molar-refractivity contribution is 6.01. The summed E-state index contributed by atoms with van der Waals surface area (Å²) in [6.45, 7) is 4.32. The Labute approximate surface area is 154 Å². The molecule has 3 heteroatoms. The van der Waals surface area contributed by atoms with Crippen molar-refractivity contribution in [3.8, 4) is 0 Å². The molecule has 0 saturated carbocycles. The lowest BCUT2D eigenvalue weighted by Gasteiger charge is -2.33. The summed E-state index contributed by atoms with van der Waals surface area (Å²) in [5.74, 6) is 0.228. The second kappa shape index (κ2) is 6.49. The van der Waals surface area contributed by atoms with Crippen molar-refractivity contribution in [2.24, 2.45) is 5.41 Å². The van der Waals surface area contributed by atoms with Crippen LogP contribution in [0.5, 0.6) is 0 Å². The lowest BCUT2D eigenvalue weighted by Crippen LogP contribution is -2.34. The van der Waals surface area contributed by atoms with E-state index in [2.05, 4.69) is 60.9 Å². The van der Waals surface area contributed by atoms with E-state index < -0.39 is 0 Å². The van der Waals surface area contributed by atoms with Gasteiger partial charge in [0.1, 0.15) is 0 Å². The van der Waals surface area contributed by atoms with E-state index in [0.717, 1.165) is 34.6 Å². The first-order valence-electron chi connectivity index (χ1n) is 9.14. The number of para-hydroxylation sites is 2. The second-order valence-electron chi connectivity index (χ2n) is 7.90. The zero-order valence-corrected chi connectivity index (χ0v) is 15.3. The monoisotopic (exact) mass is 344 g/mol. The summed E-state index contributed by atoms with van der Waals surface area (Å²) in [5.41, 5.74) is 5.08. The molecule has 2 N–H and O–H groups in total. The quantitative estimate of drug-likeness (QED) is 0.782. The molecule has 2 aromatic rings. The molecule has 1 heterocycles. The van der Waals surface area contributed by atoms with Gasteiger partial charge >= 0.3 is 0 Å². The van der Waals surface area contributed by atoms with Crippen LogP contribution in [-0.4, -0.2) is 11.8 Å². The van der Waals surface area contributed by atoms with E-state index in [1.54, 1.807) is 0 Å². The summed E-state index contributed by atoms with van der Waals surface area (Å²) < 4.78 is 0. The third kappa shape index (κ3) is 3.30. The van der Waals surface area contributed by atoms with Crippen LogP contribution in [0.4, 0.5) is 11.4 Å². The van der Waals surface area contributed by atoms with Crippen molar-refractivity contribution in [3.63, 3.8) is 0 Å². The van der Waals surface area contributed by atoms with Crippen LogP contribution in [0.2, 0.25) is 0 Å². The minimum absolute atomic E-state index is 0.0180. The van der Waals surface area contributed by atoms with E-state index in [9.17, 15) is 4.79 Å². The van der Waals surface area contributed by atoms with Gasteiger partial charge in [-0.1, -0.05) is 68.5 Å². The Kier molecular flexibility index (Phi) is 4.15. The highest BCUT2D eigenvalue weighted by Gasteiger charge is 2.37. The first kappa shape index (κ1) is 16.6. The molecule has 26 heavy (non-hydrogen) atoms. The predicted octanol–water partition coefficient (Wildman–Crippen LogP) is 5.25. The number of carbonyl (C=O) groups excluding carboxylic acids is 1. The van der Waals surface area contributed by atoms with Crippen LogP contribution < -0.4 is 10.6 Å². The number of hydrogen-bond acceptors (Lipinski definition) is 3. The Bertz CT molecular complexity index is 893. The van der Waals surface area contributed by atoms with Gasteiger partial charge in [-0.2, -0.15) is 0 Å². The van der Waals surface area contributed by atoms with Gasteiger partial charge < -0.3 is 10.6 Å². The third-order valence-electron chi connectivity index (χ3n) is 5.04. The number of carbonyl (C=O) groups is 1. The molecule has 0 radical (unpaired) electrons. The van der Waals surface area contributed by atoms with Crippen LogP contribution in [0.25, 0.3) is 6.08 Å². The molecule has 1 atom stereocenters. The van der Waals surface area contributed by atoms with Crippen molar-refractivity contribution >= 4 is 23.2 Å². The molecule has 4 rings (SSSR count). The van der Waals surface area contributed by atoms with Crippen LogP contribution >= 0.6 is 0 Å². The molecule has 0 aromatic heterocycles. The van der Waals surface area contributed by atoms with Crippen LogP contribution in [0.1, 0.15) is 32.3 Å². The highest BCUT2D eigenvalue weighted by Crippen LogP contribution is 2.41. The molecule has 2 aromatic carbocycles. The zero-order chi connectivity index (χ0) is 18.1. The Morgan fingerprint density at radius 3 is 2.42 bits per heavy atom. The van der Waals surface area contributed by atoms with Gasteiger partial charge in [-0.3, -0.25) is 4.79 Å². The molecule has 0 spiro atoms. The summed E-state index contributed by atoms with van der Waals surface area (Å²) in [6.07, 6.45) is 5.65. The van der Waals surface area contributed by atoms with Gasteiger partial charge in [-0.25, -0.2) is 0 Å². The number of fused-ring (bicyclic) bond motifs is 1. The van der Waals surface area contributed by atoms with Crippen molar-refractivity contribution in [1.29, 1.82) is 0 Å². The van der Waals surface area contributed by atoms with Crippen molar-refractivity contribution in [3.05, 3.63) is 77.5 Å². The highest BCUT2D eigenvalue weighted by atomic mass is 16.1. The van der Waals surface area contributed by atoms with Crippen molar-refractivity contribution in [2.45, 2.75) is 32.7 Å². The normalized spacial score (nSPS) is 21.5. The van der Waals surface area contributed by atoms with E-state index in [-0.39, 0.29) is 17.2 Å². The lowest BCUT2D eigenvalue weighted by molar-refractivity contribution is -0.118. The van der Waals surface area contributed by atoms with E-state index in [0.29, 0.717) is 6.42 Å². The van der Waals surface area contributed by atoms with Gasteiger partial charge in [0, 0.05) is 17.7 Å². The second-order valence-corrected chi connectivity index (χ2v) is 7.90. The topological polar surface area (TPSA) is 41.1 Å². The van der Waals surface area contributed by atoms with E-state index in [1.807, 2.05) is 30.3 Å². The smallest absolute Gasteiger partial charge is 0.163 e. The fourth-order valence-electron chi connectivity index (χ4n) is 3.84. The molecule has 0 saturated heterocycles. The Morgan fingerprint density at radius 1 is 0.962 bits per heavy atom. The van der Waals surface area contributed by atoms with Crippen molar-refractivity contribution in [1.82, 2.24) is 0 Å². The minimum atomic E-state index is -0.134. The average Bonchev–Trinajstić information content (AvgIpc) is 2.75. The number of allylic oxidation sites excluding steroid dienone is 1. The summed E-state index contributed by atoms with van der Waals surface area (Å²) >= 11 is 0. The number of benzene rings is 2. The molecule has 0 amide bonds. The summed E-state index contributed by atoms with van der Waals surface area (Å²) in [6, 6.07) is 18.2. The SMILES string of the molecule is CC1(C)CC(=O)C2=C(C1)Nc1ccccc1NC2/C=C\c1ccccc1. The predicted molar refractivity (Wildman–Crippen MR) is 108 cm³/mol. The van der Waals surface area contributed by atoms with E-state index >= 15 is 0 Å². The number of hydrogen-bond donors (Lipinski definition) is 2. The number of Topliss-reactive ketones (excluding diaryl/α,β-unsaturated/α-hetero) is 1. The molecule has 1 aliphatic heterocycles. The number of anilines is 2. The number of rotatable bonds is 2. The molecular weight excluding hydrogens is 320 g/mol.